The Morgan fingerprint density at radius 2 is 1.96 bits per heavy atom. The van der Waals surface area contributed by atoms with E-state index >= 15 is 0 Å². The van der Waals surface area contributed by atoms with Gasteiger partial charge in [0.1, 0.15) is 11.6 Å². The highest BCUT2D eigenvalue weighted by atomic mass is 19.1. The largest absolute Gasteiger partial charge is 0.493 e. The van der Waals surface area contributed by atoms with Crippen molar-refractivity contribution in [2.45, 2.75) is 26.4 Å². The van der Waals surface area contributed by atoms with Gasteiger partial charge >= 0.3 is 5.69 Å². The number of halogens is 1. The Balaban J connectivity index is 1.53. The lowest BCUT2D eigenvalue weighted by molar-refractivity contribution is 0.395. The van der Waals surface area contributed by atoms with Crippen molar-refractivity contribution >= 4 is 0 Å². The third-order valence-electron chi connectivity index (χ3n) is 4.55. The summed E-state index contributed by atoms with van der Waals surface area (Å²) >= 11 is 0. The Morgan fingerprint density at radius 1 is 1.18 bits per heavy atom. The van der Waals surface area contributed by atoms with E-state index in [4.69, 9.17) is 4.52 Å². The first-order valence-corrected chi connectivity index (χ1v) is 8.70. The van der Waals surface area contributed by atoms with Crippen LogP contribution in [0.2, 0.25) is 0 Å². The molecule has 0 saturated heterocycles. The zero-order chi connectivity index (χ0) is 19.7. The number of nitrogens with zero attached hydrogens (tertiary/aromatic N) is 5. The molecule has 0 aliphatic carbocycles. The molecule has 0 spiro atoms. The van der Waals surface area contributed by atoms with E-state index in [9.17, 15) is 14.3 Å². The van der Waals surface area contributed by atoms with Crippen LogP contribution >= 0.6 is 0 Å². The molecule has 9 heteroatoms. The van der Waals surface area contributed by atoms with Crippen LogP contribution in [0.5, 0.6) is 5.88 Å². The molecule has 3 heterocycles. The molecule has 4 aromatic rings. The molecule has 0 unspecified atom stereocenters. The average Bonchev–Trinajstić information content (AvgIpc) is 3.36. The molecular weight excluding hydrogens is 365 g/mol. The van der Waals surface area contributed by atoms with Crippen LogP contribution < -0.4 is 5.69 Å². The summed E-state index contributed by atoms with van der Waals surface area (Å²) in [7, 11) is 0. The monoisotopic (exact) mass is 383 g/mol. The molecule has 0 saturated carbocycles. The highest BCUT2D eigenvalue weighted by Crippen LogP contribution is 2.16. The molecule has 1 N–H and O–H groups in total. The van der Waals surface area contributed by atoms with E-state index in [2.05, 4.69) is 10.3 Å². The van der Waals surface area contributed by atoms with Crippen LogP contribution in [-0.2, 0) is 19.5 Å². The van der Waals surface area contributed by atoms with Crippen LogP contribution in [0, 0.1) is 12.7 Å². The summed E-state index contributed by atoms with van der Waals surface area (Å²) in [5.74, 6) is 0.219. The summed E-state index contributed by atoms with van der Waals surface area (Å²) in [5, 5.41) is 18.2. The van der Waals surface area contributed by atoms with Gasteiger partial charge in [-0.05, 0) is 31.0 Å². The maximum Gasteiger partial charge on any atom is 0.335 e. The second-order valence-corrected chi connectivity index (χ2v) is 6.48. The van der Waals surface area contributed by atoms with Gasteiger partial charge in [-0.3, -0.25) is 9.25 Å². The molecule has 4 rings (SSSR count). The summed E-state index contributed by atoms with van der Waals surface area (Å²) in [5.41, 5.74) is 1.86. The highest BCUT2D eigenvalue weighted by molar-refractivity contribution is 5.31. The van der Waals surface area contributed by atoms with Gasteiger partial charge in [-0.15, -0.1) is 0 Å². The van der Waals surface area contributed by atoms with E-state index in [0.717, 1.165) is 11.1 Å². The predicted molar refractivity (Wildman–Crippen MR) is 97.9 cm³/mol. The fraction of sp³-hybridized carbons (Fsp3) is 0.211. The van der Waals surface area contributed by atoms with Crippen molar-refractivity contribution in [3.8, 4) is 11.6 Å². The lowest BCUT2D eigenvalue weighted by Gasteiger charge is -2.02. The quantitative estimate of drug-likeness (QED) is 0.552. The topological polar surface area (TPSA) is 91.0 Å². The maximum absolute atomic E-state index is 13.0. The molecule has 0 atom stereocenters. The lowest BCUT2D eigenvalue weighted by Crippen LogP contribution is -2.23. The fourth-order valence-corrected chi connectivity index (χ4v) is 2.98. The third-order valence-corrected chi connectivity index (χ3v) is 4.55. The van der Waals surface area contributed by atoms with Crippen LogP contribution in [0.1, 0.15) is 16.9 Å². The summed E-state index contributed by atoms with van der Waals surface area (Å²) in [6.07, 6.45) is 6.71. The van der Waals surface area contributed by atoms with Crippen LogP contribution in [-0.4, -0.2) is 29.2 Å². The van der Waals surface area contributed by atoms with E-state index in [-0.39, 0.29) is 17.4 Å². The van der Waals surface area contributed by atoms with Gasteiger partial charge in [0.2, 0.25) is 5.88 Å². The Hall–Kier alpha value is -3.62. The lowest BCUT2D eigenvalue weighted by atomic mass is 10.1. The molecule has 0 amide bonds. The molecular formula is C19H18FN5O3. The average molecular weight is 383 g/mol. The predicted octanol–water partition coefficient (Wildman–Crippen LogP) is 2.27. The van der Waals surface area contributed by atoms with Gasteiger partial charge in [-0.2, -0.15) is 5.10 Å². The molecule has 0 aliphatic rings. The minimum atomic E-state index is -0.375. The van der Waals surface area contributed by atoms with E-state index in [1.54, 1.807) is 29.2 Å². The molecule has 0 aliphatic heterocycles. The summed E-state index contributed by atoms with van der Waals surface area (Å²) < 4.78 is 22.3. The van der Waals surface area contributed by atoms with Crippen molar-refractivity contribution in [3.05, 3.63) is 82.2 Å². The fourth-order valence-electron chi connectivity index (χ4n) is 2.98. The van der Waals surface area contributed by atoms with E-state index in [0.29, 0.717) is 31.0 Å². The first kappa shape index (κ1) is 17.8. The molecule has 0 fully saturated rings. The number of benzene rings is 1. The Labute approximate surface area is 159 Å². The van der Waals surface area contributed by atoms with Gasteiger partial charge < -0.3 is 9.63 Å². The van der Waals surface area contributed by atoms with Gasteiger partial charge in [-0.25, -0.2) is 13.8 Å². The van der Waals surface area contributed by atoms with Crippen molar-refractivity contribution in [3.63, 3.8) is 0 Å². The summed E-state index contributed by atoms with van der Waals surface area (Å²) in [6.45, 7) is 2.61. The number of aryl methyl sites for hydroxylation is 3. The molecule has 0 radical (unpaired) electrons. The SMILES string of the molecule is Cc1oncc1Cn1cc(-n2c(O)cn(CCc3ccc(F)cc3)c2=O)cn1. The first-order valence-electron chi connectivity index (χ1n) is 8.70. The Morgan fingerprint density at radius 3 is 2.68 bits per heavy atom. The second-order valence-electron chi connectivity index (χ2n) is 6.48. The minimum absolute atomic E-state index is 0.176. The van der Waals surface area contributed by atoms with Crippen LogP contribution in [0.4, 0.5) is 4.39 Å². The smallest absolute Gasteiger partial charge is 0.335 e. The summed E-state index contributed by atoms with van der Waals surface area (Å²) in [6, 6.07) is 6.11. The number of aromatic nitrogens is 5. The Kier molecular flexibility index (Phi) is 4.56. The van der Waals surface area contributed by atoms with Crippen molar-refractivity contribution < 1.29 is 14.0 Å². The Bertz CT molecular complexity index is 1150. The van der Waals surface area contributed by atoms with E-state index in [1.807, 2.05) is 6.92 Å². The van der Waals surface area contributed by atoms with Gasteiger partial charge in [0.25, 0.3) is 0 Å². The van der Waals surface area contributed by atoms with Gasteiger partial charge in [0, 0.05) is 18.3 Å². The second kappa shape index (κ2) is 7.18. The highest BCUT2D eigenvalue weighted by Gasteiger charge is 2.14. The van der Waals surface area contributed by atoms with Crippen LogP contribution in [0.3, 0.4) is 0 Å². The zero-order valence-corrected chi connectivity index (χ0v) is 15.1. The standard InChI is InChI=1S/C19H18FN5O3/c1-13-15(8-22-28-13)10-24-11-17(9-21-24)25-18(26)12-23(19(25)27)7-6-14-2-4-16(20)5-3-14/h2-5,8-9,11-12,26H,6-7,10H2,1H3. The number of aromatic hydroxyl groups is 1. The molecule has 144 valence electrons. The number of hydrogen-bond donors (Lipinski definition) is 1. The van der Waals surface area contributed by atoms with Crippen molar-refractivity contribution in [1.82, 2.24) is 24.1 Å². The molecule has 3 aromatic heterocycles. The molecule has 8 nitrogen and oxygen atoms in total. The minimum Gasteiger partial charge on any atom is -0.493 e. The van der Waals surface area contributed by atoms with Crippen molar-refractivity contribution in [2.75, 3.05) is 0 Å². The number of rotatable bonds is 6. The normalized spacial score (nSPS) is 11.2. The first-order chi connectivity index (χ1) is 13.5. The summed E-state index contributed by atoms with van der Waals surface area (Å²) in [4.78, 5) is 12.7. The van der Waals surface area contributed by atoms with Gasteiger partial charge in [0.05, 0.1) is 30.8 Å². The third kappa shape index (κ3) is 3.46. The van der Waals surface area contributed by atoms with Crippen LogP contribution in [0.25, 0.3) is 5.69 Å². The van der Waals surface area contributed by atoms with Gasteiger partial charge in [0.15, 0.2) is 0 Å². The molecule has 28 heavy (non-hydrogen) atoms. The molecule has 1 aromatic carbocycles. The maximum atomic E-state index is 13.0. The van der Waals surface area contributed by atoms with Gasteiger partial charge in [-0.1, -0.05) is 17.3 Å². The van der Waals surface area contributed by atoms with E-state index in [1.165, 1.54) is 33.7 Å². The number of imidazole rings is 1. The van der Waals surface area contributed by atoms with Crippen molar-refractivity contribution in [1.29, 1.82) is 0 Å². The molecule has 0 bridgehead atoms. The number of hydrogen-bond acceptors (Lipinski definition) is 5. The van der Waals surface area contributed by atoms with Crippen molar-refractivity contribution in [2.24, 2.45) is 0 Å². The van der Waals surface area contributed by atoms with Crippen LogP contribution in [0.15, 0.2) is 58.4 Å². The van der Waals surface area contributed by atoms with E-state index < -0.39 is 0 Å². The zero-order valence-electron chi connectivity index (χ0n) is 15.1.